The van der Waals surface area contributed by atoms with Gasteiger partial charge in [-0.25, -0.2) is 4.39 Å². The van der Waals surface area contributed by atoms with Gasteiger partial charge in [0.15, 0.2) is 5.75 Å². The first-order chi connectivity index (χ1) is 8.00. The van der Waals surface area contributed by atoms with Crippen LogP contribution < -0.4 is 4.74 Å². The lowest BCUT2D eigenvalue weighted by Crippen LogP contribution is -2.02. The highest BCUT2D eigenvalue weighted by atomic mass is 19.1. The highest BCUT2D eigenvalue weighted by Crippen LogP contribution is 2.27. The smallest absolute Gasteiger partial charge is 0.313 e. The van der Waals surface area contributed by atoms with E-state index in [0.29, 0.717) is 12.8 Å². The quantitative estimate of drug-likeness (QED) is 0.436. The number of carbonyl (C=O) groups excluding carboxylic acids is 1. The molecule has 0 aliphatic heterocycles. The maximum atomic E-state index is 12.8. The fourth-order valence-corrected chi connectivity index (χ4v) is 1.26. The molecule has 0 spiro atoms. The second-order valence-corrected chi connectivity index (χ2v) is 3.52. The maximum Gasteiger partial charge on any atom is 0.313 e. The van der Waals surface area contributed by atoms with Gasteiger partial charge >= 0.3 is 5.69 Å². The van der Waals surface area contributed by atoms with E-state index >= 15 is 0 Å². The van der Waals surface area contributed by atoms with E-state index in [-0.39, 0.29) is 18.1 Å². The molecule has 1 aromatic carbocycles. The van der Waals surface area contributed by atoms with Crippen LogP contribution in [0.1, 0.15) is 19.8 Å². The summed E-state index contributed by atoms with van der Waals surface area (Å²) in [7, 11) is 0. The van der Waals surface area contributed by atoms with E-state index in [2.05, 4.69) is 0 Å². The number of halogens is 1. The molecule has 0 atom stereocenters. The molecule has 0 bridgehead atoms. The molecule has 0 saturated carbocycles. The summed E-state index contributed by atoms with van der Waals surface area (Å²) in [5.74, 6) is -0.644. The van der Waals surface area contributed by atoms with Crippen molar-refractivity contribution < 1.29 is 18.8 Å². The molecule has 17 heavy (non-hydrogen) atoms. The molecular formula is C11H12FNO4. The summed E-state index contributed by atoms with van der Waals surface area (Å²) in [5, 5.41) is 10.6. The summed E-state index contributed by atoms with van der Waals surface area (Å²) in [4.78, 5) is 20.6. The number of hydrogen-bond donors (Lipinski definition) is 0. The first kappa shape index (κ1) is 13.1. The van der Waals surface area contributed by atoms with Gasteiger partial charge in [0.1, 0.15) is 11.6 Å². The topological polar surface area (TPSA) is 69.4 Å². The first-order valence-electron chi connectivity index (χ1n) is 5.07. The second kappa shape index (κ2) is 5.93. The molecule has 92 valence electrons. The number of ketones is 1. The molecule has 0 fully saturated rings. The normalized spacial score (nSPS) is 10.0. The van der Waals surface area contributed by atoms with Gasteiger partial charge in [0, 0.05) is 6.42 Å². The number of nitrogens with zero attached hydrogens (tertiary/aromatic N) is 1. The Morgan fingerprint density at radius 3 is 2.82 bits per heavy atom. The number of hydrogen-bond acceptors (Lipinski definition) is 4. The van der Waals surface area contributed by atoms with Crippen molar-refractivity contribution in [2.45, 2.75) is 19.8 Å². The largest absolute Gasteiger partial charge is 0.487 e. The summed E-state index contributed by atoms with van der Waals surface area (Å²) in [6, 6.07) is 3.11. The Kier molecular flexibility index (Phi) is 4.56. The number of nitro groups is 1. The van der Waals surface area contributed by atoms with E-state index in [1.807, 2.05) is 0 Å². The Bertz CT molecular complexity index is 433. The predicted octanol–water partition coefficient (Wildman–Crippen LogP) is 2.48. The molecule has 0 aromatic heterocycles. The molecule has 1 aromatic rings. The van der Waals surface area contributed by atoms with E-state index < -0.39 is 16.4 Å². The SMILES string of the molecule is CC(=O)CCCOc1ccc(F)cc1[N+](=O)[O-]. The standard InChI is InChI=1S/C11H12FNO4/c1-8(14)3-2-6-17-11-5-4-9(12)7-10(11)13(15)16/h4-5,7H,2-3,6H2,1H3. The average Bonchev–Trinajstić information content (AvgIpc) is 2.25. The van der Waals surface area contributed by atoms with Crippen LogP contribution >= 0.6 is 0 Å². The Morgan fingerprint density at radius 1 is 1.53 bits per heavy atom. The summed E-state index contributed by atoms with van der Waals surface area (Å²) in [5.41, 5.74) is -0.409. The lowest BCUT2D eigenvalue weighted by atomic mass is 10.2. The van der Waals surface area contributed by atoms with E-state index in [0.717, 1.165) is 12.1 Å². The lowest BCUT2D eigenvalue weighted by Gasteiger charge is -2.05. The summed E-state index contributed by atoms with van der Waals surface area (Å²) in [6.45, 7) is 1.65. The van der Waals surface area contributed by atoms with Crippen molar-refractivity contribution in [2.24, 2.45) is 0 Å². The highest BCUT2D eigenvalue weighted by Gasteiger charge is 2.15. The van der Waals surface area contributed by atoms with Crippen LogP contribution in [0, 0.1) is 15.9 Å². The lowest BCUT2D eigenvalue weighted by molar-refractivity contribution is -0.386. The monoisotopic (exact) mass is 241 g/mol. The van der Waals surface area contributed by atoms with Gasteiger partial charge in [-0.2, -0.15) is 0 Å². The molecule has 6 heteroatoms. The Balaban J connectivity index is 2.64. The molecule has 0 amide bonds. The summed E-state index contributed by atoms with van der Waals surface area (Å²) < 4.78 is 17.9. The molecule has 1 rings (SSSR count). The fraction of sp³-hybridized carbons (Fsp3) is 0.364. The van der Waals surface area contributed by atoms with Crippen LogP contribution in [0.25, 0.3) is 0 Å². The first-order valence-corrected chi connectivity index (χ1v) is 5.07. The zero-order valence-corrected chi connectivity index (χ0v) is 9.31. The highest BCUT2D eigenvalue weighted by molar-refractivity contribution is 5.75. The summed E-state index contributed by atoms with van der Waals surface area (Å²) in [6.07, 6.45) is 0.832. The van der Waals surface area contributed by atoms with Crippen molar-refractivity contribution in [2.75, 3.05) is 6.61 Å². The van der Waals surface area contributed by atoms with Crippen molar-refractivity contribution in [3.05, 3.63) is 34.1 Å². The fourth-order valence-electron chi connectivity index (χ4n) is 1.26. The van der Waals surface area contributed by atoms with Gasteiger partial charge in [-0.1, -0.05) is 0 Å². The van der Waals surface area contributed by atoms with Crippen LogP contribution in [0.2, 0.25) is 0 Å². The minimum absolute atomic E-state index is 0.0138. The summed E-state index contributed by atoms with van der Waals surface area (Å²) >= 11 is 0. The van der Waals surface area contributed by atoms with Crippen LogP contribution in [0.4, 0.5) is 10.1 Å². The van der Waals surface area contributed by atoms with Gasteiger partial charge in [0.25, 0.3) is 0 Å². The van der Waals surface area contributed by atoms with Crippen LogP contribution in [0.15, 0.2) is 18.2 Å². The maximum absolute atomic E-state index is 12.8. The number of Topliss-reactive ketones (excluding diaryl/α,β-unsaturated/α-hetero) is 1. The zero-order chi connectivity index (χ0) is 12.8. The van der Waals surface area contributed by atoms with Crippen molar-refractivity contribution in [1.29, 1.82) is 0 Å². The van der Waals surface area contributed by atoms with Crippen molar-refractivity contribution in [3.63, 3.8) is 0 Å². The van der Waals surface area contributed by atoms with Gasteiger partial charge in [0.2, 0.25) is 0 Å². The molecule has 0 N–H and O–H groups in total. The van der Waals surface area contributed by atoms with E-state index in [9.17, 15) is 19.3 Å². The van der Waals surface area contributed by atoms with Crippen LogP contribution in [-0.4, -0.2) is 17.3 Å². The molecule has 5 nitrogen and oxygen atoms in total. The third kappa shape index (κ3) is 4.18. The minimum atomic E-state index is -0.705. The number of nitro benzene ring substituents is 1. The van der Waals surface area contributed by atoms with Crippen LogP contribution in [0.5, 0.6) is 5.75 Å². The molecular weight excluding hydrogens is 229 g/mol. The van der Waals surface area contributed by atoms with Gasteiger partial charge in [-0.3, -0.25) is 10.1 Å². The third-order valence-corrected chi connectivity index (χ3v) is 2.05. The minimum Gasteiger partial charge on any atom is -0.487 e. The molecule has 0 aliphatic rings. The molecule has 0 unspecified atom stereocenters. The van der Waals surface area contributed by atoms with E-state index in [1.54, 1.807) is 0 Å². The van der Waals surface area contributed by atoms with Crippen molar-refractivity contribution >= 4 is 11.5 Å². The van der Waals surface area contributed by atoms with Crippen molar-refractivity contribution in [3.8, 4) is 5.75 Å². The molecule has 0 saturated heterocycles. The second-order valence-electron chi connectivity index (χ2n) is 3.52. The van der Waals surface area contributed by atoms with Gasteiger partial charge in [0.05, 0.1) is 17.6 Å². The average molecular weight is 241 g/mol. The van der Waals surface area contributed by atoms with E-state index in [4.69, 9.17) is 4.74 Å². The van der Waals surface area contributed by atoms with Gasteiger partial charge in [-0.05, 0) is 25.5 Å². The van der Waals surface area contributed by atoms with Gasteiger partial charge in [-0.15, -0.1) is 0 Å². The predicted molar refractivity (Wildman–Crippen MR) is 58.5 cm³/mol. The van der Waals surface area contributed by atoms with E-state index in [1.165, 1.54) is 13.0 Å². The van der Waals surface area contributed by atoms with Crippen LogP contribution in [-0.2, 0) is 4.79 Å². The number of carbonyl (C=O) groups is 1. The van der Waals surface area contributed by atoms with Crippen LogP contribution in [0.3, 0.4) is 0 Å². The number of ether oxygens (including phenoxy) is 1. The molecule has 0 aliphatic carbocycles. The Labute approximate surface area is 97.3 Å². The number of rotatable bonds is 6. The third-order valence-electron chi connectivity index (χ3n) is 2.05. The van der Waals surface area contributed by atoms with Gasteiger partial charge < -0.3 is 9.53 Å². The molecule has 0 radical (unpaired) electrons. The number of benzene rings is 1. The zero-order valence-electron chi connectivity index (χ0n) is 9.31. The van der Waals surface area contributed by atoms with Crippen molar-refractivity contribution in [1.82, 2.24) is 0 Å². The molecule has 0 heterocycles. The Hall–Kier alpha value is -1.98. The Morgan fingerprint density at radius 2 is 2.24 bits per heavy atom.